The molecule has 1 aromatic rings. The maximum atomic E-state index is 10.5. The molecule has 0 aliphatic heterocycles. The summed E-state index contributed by atoms with van der Waals surface area (Å²) in [6, 6.07) is 6.47. The maximum absolute atomic E-state index is 10.5. The Morgan fingerprint density at radius 2 is 2.19 bits per heavy atom. The Hall–Kier alpha value is -0.860. The van der Waals surface area contributed by atoms with Crippen molar-refractivity contribution in [1.29, 1.82) is 0 Å². The van der Waals surface area contributed by atoms with Gasteiger partial charge in [0.2, 0.25) is 0 Å². The SMILES string of the molecule is CC(C)c1ccc2c(c1)C(O)(CN)CCC2. The molecule has 2 rings (SSSR count). The Morgan fingerprint density at radius 1 is 1.44 bits per heavy atom. The van der Waals surface area contributed by atoms with Gasteiger partial charge in [-0.1, -0.05) is 32.0 Å². The first-order valence-corrected chi connectivity index (χ1v) is 6.12. The van der Waals surface area contributed by atoms with E-state index < -0.39 is 5.60 Å². The highest BCUT2D eigenvalue weighted by Crippen LogP contribution is 2.36. The zero-order valence-corrected chi connectivity index (χ0v) is 10.2. The van der Waals surface area contributed by atoms with Crippen molar-refractivity contribution in [1.82, 2.24) is 0 Å². The minimum absolute atomic E-state index is 0.321. The van der Waals surface area contributed by atoms with E-state index in [0.29, 0.717) is 12.5 Å². The minimum Gasteiger partial charge on any atom is -0.384 e. The van der Waals surface area contributed by atoms with Crippen LogP contribution in [0, 0.1) is 0 Å². The van der Waals surface area contributed by atoms with Gasteiger partial charge in [0, 0.05) is 6.54 Å². The molecule has 1 aliphatic rings. The number of hydrogen-bond acceptors (Lipinski definition) is 2. The molecule has 0 aromatic heterocycles. The second kappa shape index (κ2) is 4.19. The van der Waals surface area contributed by atoms with E-state index in [1.165, 1.54) is 11.1 Å². The third-order valence-corrected chi connectivity index (χ3v) is 3.68. The number of nitrogens with two attached hydrogens (primary N) is 1. The summed E-state index contributed by atoms with van der Waals surface area (Å²) in [5.74, 6) is 0.495. The van der Waals surface area contributed by atoms with Gasteiger partial charge in [0.25, 0.3) is 0 Å². The van der Waals surface area contributed by atoms with E-state index >= 15 is 0 Å². The molecular formula is C14H21NO. The zero-order chi connectivity index (χ0) is 11.8. The predicted octanol–water partition coefficient (Wildman–Crippen LogP) is 2.29. The first-order chi connectivity index (χ1) is 7.57. The van der Waals surface area contributed by atoms with Gasteiger partial charge in [-0.25, -0.2) is 0 Å². The van der Waals surface area contributed by atoms with Crippen LogP contribution in [0.4, 0.5) is 0 Å². The summed E-state index contributed by atoms with van der Waals surface area (Å²) in [6.45, 7) is 4.67. The van der Waals surface area contributed by atoms with Gasteiger partial charge in [-0.3, -0.25) is 0 Å². The maximum Gasteiger partial charge on any atom is 0.102 e. The van der Waals surface area contributed by atoms with Crippen molar-refractivity contribution in [2.45, 2.75) is 44.6 Å². The Kier molecular flexibility index (Phi) is 3.04. The van der Waals surface area contributed by atoms with E-state index in [2.05, 4.69) is 32.0 Å². The van der Waals surface area contributed by atoms with Gasteiger partial charge in [-0.05, 0) is 41.9 Å². The summed E-state index contributed by atoms with van der Waals surface area (Å²) >= 11 is 0. The monoisotopic (exact) mass is 219 g/mol. The quantitative estimate of drug-likeness (QED) is 0.801. The molecule has 88 valence electrons. The lowest BCUT2D eigenvalue weighted by atomic mass is 9.78. The second-order valence-corrected chi connectivity index (χ2v) is 5.16. The molecule has 1 unspecified atom stereocenters. The van der Waals surface area contributed by atoms with Crippen molar-refractivity contribution >= 4 is 0 Å². The molecule has 0 radical (unpaired) electrons. The Balaban J connectivity index is 2.49. The van der Waals surface area contributed by atoms with Crippen molar-refractivity contribution in [3.8, 4) is 0 Å². The predicted molar refractivity (Wildman–Crippen MR) is 66.4 cm³/mol. The van der Waals surface area contributed by atoms with E-state index in [4.69, 9.17) is 5.73 Å². The molecule has 2 heteroatoms. The lowest BCUT2D eigenvalue weighted by molar-refractivity contribution is 0.0279. The zero-order valence-electron chi connectivity index (χ0n) is 10.2. The summed E-state index contributed by atoms with van der Waals surface area (Å²) in [6.07, 6.45) is 2.88. The van der Waals surface area contributed by atoms with E-state index in [1.807, 2.05) is 0 Å². The van der Waals surface area contributed by atoms with Crippen LogP contribution >= 0.6 is 0 Å². The van der Waals surface area contributed by atoms with Crippen LogP contribution in [0.5, 0.6) is 0 Å². The smallest absolute Gasteiger partial charge is 0.102 e. The van der Waals surface area contributed by atoms with Crippen molar-refractivity contribution in [2.24, 2.45) is 5.73 Å². The number of benzene rings is 1. The lowest BCUT2D eigenvalue weighted by Crippen LogP contribution is -2.38. The average molecular weight is 219 g/mol. The third kappa shape index (κ3) is 1.87. The molecule has 1 aromatic carbocycles. The van der Waals surface area contributed by atoms with Crippen molar-refractivity contribution in [3.63, 3.8) is 0 Å². The molecule has 3 N–H and O–H groups in total. The Labute approximate surface area is 97.5 Å². The van der Waals surface area contributed by atoms with Crippen molar-refractivity contribution < 1.29 is 5.11 Å². The standard InChI is InChI=1S/C14H21NO/c1-10(2)12-6-5-11-4-3-7-14(16,9-15)13(11)8-12/h5-6,8,10,16H,3-4,7,9,15H2,1-2H3. The summed E-state index contributed by atoms with van der Waals surface area (Å²) in [4.78, 5) is 0. The summed E-state index contributed by atoms with van der Waals surface area (Å²) in [5, 5.41) is 10.5. The Bertz CT molecular complexity index is 386. The fourth-order valence-corrected chi connectivity index (χ4v) is 2.52. The van der Waals surface area contributed by atoms with E-state index in [-0.39, 0.29) is 0 Å². The van der Waals surface area contributed by atoms with Crippen molar-refractivity contribution in [2.75, 3.05) is 6.54 Å². The van der Waals surface area contributed by atoms with Crippen LogP contribution in [0.15, 0.2) is 18.2 Å². The number of aryl methyl sites for hydroxylation is 1. The molecule has 1 aliphatic carbocycles. The number of aliphatic hydroxyl groups is 1. The lowest BCUT2D eigenvalue weighted by Gasteiger charge is -2.34. The molecule has 0 heterocycles. The molecule has 0 fully saturated rings. The molecular weight excluding hydrogens is 198 g/mol. The molecule has 0 bridgehead atoms. The van der Waals surface area contributed by atoms with E-state index in [0.717, 1.165) is 24.8 Å². The number of hydrogen-bond donors (Lipinski definition) is 2. The topological polar surface area (TPSA) is 46.2 Å². The molecule has 0 saturated carbocycles. The summed E-state index contributed by atoms with van der Waals surface area (Å²) in [7, 11) is 0. The molecule has 0 amide bonds. The van der Waals surface area contributed by atoms with Gasteiger partial charge in [0.1, 0.15) is 5.60 Å². The first-order valence-electron chi connectivity index (χ1n) is 6.12. The summed E-state index contributed by atoms with van der Waals surface area (Å²) < 4.78 is 0. The average Bonchev–Trinajstić information content (AvgIpc) is 2.29. The van der Waals surface area contributed by atoms with Gasteiger partial charge in [-0.2, -0.15) is 0 Å². The van der Waals surface area contributed by atoms with Gasteiger partial charge < -0.3 is 10.8 Å². The highest BCUT2D eigenvalue weighted by Gasteiger charge is 2.33. The summed E-state index contributed by atoms with van der Waals surface area (Å²) in [5.41, 5.74) is 8.55. The fraction of sp³-hybridized carbons (Fsp3) is 0.571. The van der Waals surface area contributed by atoms with Crippen LogP contribution in [0.3, 0.4) is 0 Å². The van der Waals surface area contributed by atoms with E-state index in [9.17, 15) is 5.11 Å². The molecule has 2 nitrogen and oxygen atoms in total. The Morgan fingerprint density at radius 3 is 2.81 bits per heavy atom. The van der Waals surface area contributed by atoms with Gasteiger partial charge in [0.05, 0.1) is 0 Å². The molecule has 0 spiro atoms. The number of fused-ring (bicyclic) bond motifs is 1. The molecule has 1 atom stereocenters. The van der Waals surface area contributed by atoms with Crippen LogP contribution in [0.2, 0.25) is 0 Å². The third-order valence-electron chi connectivity index (χ3n) is 3.68. The van der Waals surface area contributed by atoms with E-state index in [1.54, 1.807) is 0 Å². The van der Waals surface area contributed by atoms with Gasteiger partial charge in [-0.15, -0.1) is 0 Å². The highest BCUT2D eigenvalue weighted by atomic mass is 16.3. The van der Waals surface area contributed by atoms with Gasteiger partial charge >= 0.3 is 0 Å². The molecule has 0 saturated heterocycles. The fourth-order valence-electron chi connectivity index (χ4n) is 2.52. The highest BCUT2D eigenvalue weighted by molar-refractivity contribution is 5.39. The first kappa shape index (κ1) is 11.6. The normalized spacial score (nSPS) is 24.6. The largest absolute Gasteiger partial charge is 0.384 e. The van der Waals surface area contributed by atoms with Crippen LogP contribution in [0.1, 0.15) is 49.3 Å². The minimum atomic E-state index is -0.793. The van der Waals surface area contributed by atoms with Gasteiger partial charge in [0.15, 0.2) is 0 Å². The van der Waals surface area contributed by atoms with Crippen LogP contribution in [0.25, 0.3) is 0 Å². The van der Waals surface area contributed by atoms with Crippen molar-refractivity contribution in [3.05, 3.63) is 34.9 Å². The van der Waals surface area contributed by atoms with Crippen LogP contribution in [-0.2, 0) is 12.0 Å². The number of rotatable bonds is 2. The van der Waals surface area contributed by atoms with Crippen LogP contribution < -0.4 is 5.73 Å². The van der Waals surface area contributed by atoms with Crippen LogP contribution in [-0.4, -0.2) is 11.7 Å². The molecule has 16 heavy (non-hydrogen) atoms. The second-order valence-electron chi connectivity index (χ2n) is 5.16.